The molecule has 0 spiro atoms. The number of unbranched alkanes of at least 4 members (excludes halogenated alkanes) is 9. The molecular formula is C16H32N2O3. The van der Waals surface area contributed by atoms with E-state index in [1.165, 1.54) is 77.3 Å². The van der Waals surface area contributed by atoms with Gasteiger partial charge in [0.05, 0.1) is 13.1 Å². The average molecular weight is 300 g/mol. The maximum absolute atomic E-state index is 8.44. The van der Waals surface area contributed by atoms with Gasteiger partial charge in [0.1, 0.15) is 6.54 Å². The van der Waals surface area contributed by atoms with Gasteiger partial charge in [-0.3, -0.25) is 4.90 Å². The molecule has 124 valence electrons. The van der Waals surface area contributed by atoms with Crippen LogP contribution in [0.2, 0.25) is 0 Å². The highest BCUT2D eigenvalue weighted by Crippen LogP contribution is 2.09. The normalized spacial score (nSPS) is 16.5. The van der Waals surface area contributed by atoms with E-state index >= 15 is 0 Å². The molecule has 2 N–H and O–H groups in total. The van der Waals surface area contributed by atoms with Crippen LogP contribution in [0.3, 0.4) is 0 Å². The lowest BCUT2D eigenvalue weighted by Gasteiger charge is -2.07. The van der Waals surface area contributed by atoms with Gasteiger partial charge in [0.25, 0.3) is 0 Å². The zero-order valence-electron chi connectivity index (χ0n) is 13.5. The number of carbonyl (C=O) groups is 1. The summed E-state index contributed by atoms with van der Waals surface area (Å²) in [7, 11) is 0. The van der Waals surface area contributed by atoms with Gasteiger partial charge in [-0.25, -0.2) is 4.99 Å². The number of hydrogen-bond acceptors (Lipinski definition) is 3. The van der Waals surface area contributed by atoms with E-state index in [2.05, 4.69) is 18.3 Å². The highest BCUT2D eigenvalue weighted by atomic mass is 16.6. The number of carboxylic acid groups (broad SMARTS) is 2. The van der Waals surface area contributed by atoms with Crippen LogP contribution in [0, 0.1) is 0 Å². The molecule has 1 heterocycles. The van der Waals surface area contributed by atoms with Gasteiger partial charge in [-0.1, -0.05) is 58.3 Å². The molecule has 0 saturated carbocycles. The molecule has 0 bridgehead atoms. The van der Waals surface area contributed by atoms with Crippen molar-refractivity contribution < 1.29 is 19.9 Å². The van der Waals surface area contributed by atoms with Gasteiger partial charge in [0.2, 0.25) is 6.16 Å². The third kappa shape index (κ3) is 16.8. The number of nitrogens with one attached hydrogen (secondary N) is 1. The lowest BCUT2D eigenvalue weighted by Crippen LogP contribution is -3.09. The SMILES string of the molecule is CCCCCCCCCCCC[NH+]1C=NCC1.O=C([O-])O. The quantitative estimate of drug-likeness (QED) is 0.570. The Morgan fingerprint density at radius 2 is 1.57 bits per heavy atom. The third-order valence-electron chi connectivity index (χ3n) is 3.69. The van der Waals surface area contributed by atoms with Crippen LogP contribution in [0.15, 0.2) is 4.99 Å². The molecule has 0 aromatic rings. The Bertz CT molecular complexity index is 266. The van der Waals surface area contributed by atoms with Gasteiger partial charge in [-0.15, -0.1) is 0 Å². The largest absolute Gasteiger partial charge is 0.565 e. The predicted molar refractivity (Wildman–Crippen MR) is 83.9 cm³/mol. The first kappa shape index (κ1) is 19.9. The second-order valence-electron chi connectivity index (χ2n) is 5.64. The molecule has 0 aliphatic carbocycles. The zero-order valence-corrected chi connectivity index (χ0v) is 13.5. The van der Waals surface area contributed by atoms with Crippen LogP contribution in [0.5, 0.6) is 0 Å². The number of quaternary nitrogens is 1. The van der Waals surface area contributed by atoms with Gasteiger partial charge < -0.3 is 15.0 Å². The van der Waals surface area contributed by atoms with Crippen molar-refractivity contribution in [2.24, 2.45) is 4.99 Å². The Labute approximate surface area is 129 Å². The maximum atomic E-state index is 8.44. The first-order chi connectivity index (χ1) is 10.2. The van der Waals surface area contributed by atoms with Gasteiger partial charge in [-0.05, 0) is 12.8 Å². The summed E-state index contributed by atoms with van der Waals surface area (Å²) in [6.45, 7) is 5.87. The summed E-state index contributed by atoms with van der Waals surface area (Å²) in [4.78, 5) is 14.3. The molecule has 0 amide bonds. The number of rotatable bonds is 11. The topological polar surface area (TPSA) is 77.2 Å². The first-order valence-electron chi connectivity index (χ1n) is 8.41. The van der Waals surface area contributed by atoms with E-state index in [-0.39, 0.29) is 0 Å². The molecule has 1 aliphatic heterocycles. The van der Waals surface area contributed by atoms with Crippen LogP contribution in [0.25, 0.3) is 0 Å². The third-order valence-corrected chi connectivity index (χ3v) is 3.69. The van der Waals surface area contributed by atoms with Crippen molar-refractivity contribution in [2.75, 3.05) is 19.6 Å². The van der Waals surface area contributed by atoms with E-state index in [1.54, 1.807) is 4.90 Å². The van der Waals surface area contributed by atoms with Crippen molar-refractivity contribution in [3.63, 3.8) is 0 Å². The van der Waals surface area contributed by atoms with E-state index in [0.717, 1.165) is 6.54 Å². The summed E-state index contributed by atoms with van der Waals surface area (Å²) in [5, 5.41) is 15.3. The first-order valence-corrected chi connectivity index (χ1v) is 8.41. The van der Waals surface area contributed by atoms with Gasteiger partial charge in [0.15, 0.2) is 6.34 Å². The Balaban J connectivity index is 0.000000885. The molecular weight excluding hydrogens is 268 g/mol. The number of nitrogens with zero attached hydrogens (tertiary/aromatic N) is 1. The highest BCUT2D eigenvalue weighted by molar-refractivity contribution is 5.50. The van der Waals surface area contributed by atoms with Crippen molar-refractivity contribution in [3.05, 3.63) is 0 Å². The van der Waals surface area contributed by atoms with E-state index in [0.29, 0.717) is 0 Å². The Morgan fingerprint density at radius 1 is 1.10 bits per heavy atom. The maximum Gasteiger partial charge on any atom is 0.249 e. The fraction of sp³-hybridized carbons (Fsp3) is 0.875. The molecule has 1 rings (SSSR count). The smallest absolute Gasteiger partial charge is 0.249 e. The summed E-state index contributed by atoms with van der Waals surface area (Å²) < 4.78 is 0. The van der Waals surface area contributed by atoms with E-state index < -0.39 is 6.16 Å². The Kier molecular flexibility index (Phi) is 14.5. The molecule has 5 nitrogen and oxygen atoms in total. The number of aliphatic imine (C=N–C) groups is 1. The van der Waals surface area contributed by atoms with Crippen molar-refractivity contribution in [1.82, 2.24) is 0 Å². The van der Waals surface area contributed by atoms with Crippen LogP contribution in [0.4, 0.5) is 4.79 Å². The summed E-state index contributed by atoms with van der Waals surface area (Å²) in [6, 6.07) is 0. The van der Waals surface area contributed by atoms with Crippen LogP contribution < -0.4 is 10.0 Å². The molecule has 1 aliphatic rings. The minimum Gasteiger partial charge on any atom is -0.565 e. The lowest BCUT2D eigenvalue weighted by atomic mass is 10.1. The fourth-order valence-corrected chi connectivity index (χ4v) is 2.50. The molecule has 1 unspecified atom stereocenters. The van der Waals surface area contributed by atoms with E-state index in [1.807, 2.05) is 0 Å². The Morgan fingerprint density at radius 3 is 2.00 bits per heavy atom. The monoisotopic (exact) mass is 300 g/mol. The summed E-state index contributed by atoms with van der Waals surface area (Å²) in [5.41, 5.74) is 0. The molecule has 0 radical (unpaired) electrons. The molecule has 0 saturated heterocycles. The number of hydrogen-bond donors (Lipinski definition) is 2. The van der Waals surface area contributed by atoms with Crippen LogP contribution in [-0.4, -0.2) is 37.2 Å². The van der Waals surface area contributed by atoms with Crippen LogP contribution in [-0.2, 0) is 0 Å². The summed E-state index contributed by atoms with van der Waals surface area (Å²) in [5.74, 6) is 0. The highest BCUT2D eigenvalue weighted by Gasteiger charge is 2.08. The molecule has 21 heavy (non-hydrogen) atoms. The van der Waals surface area contributed by atoms with Crippen molar-refractivity contribution in [3.8, 4) is 0 Å². The van der Waals surface area contributed by atoms with Gasteiger partial charge in [-0.2, -0.15) is 0 Å². The summed E-state index contributed by atoms with van der Waals surface area (Å²) in [6.07, 6.45) is 14.4. The van der Waals surface area contributed by atoms with Crippen molar-refractivity contribution in [2.45, 2.75) is 71.1 Å². The molecule has 1 atom stereocenters. The lowest BCUT2D eigenvalue weighted by molar-refractivity contribution is -0.791. The van der Waals surface area contributed by atoms with E-state index in [9.17, 15) is 0 Å². The Hall–Kier alpha value is -1.10. The second kappa shape index (κ2) is 15.3. The minimum absolute atomic E-state index is 1.05. The zero-order chi connectivity index (χ0) is 15.8. The van der Waals surface area contributed by atoms with Gasteiger partial charge >= 0.3 is 0 Å². The average Bonchev–Trinajstić information content (AvgIpc) is 2.93. The van der Waals surface area contributed by atoms with Gasteiger partial charge in [0, 0.05) is 0 Å². The van der Waals surface area contributed by atoms with Crippen molar-refractivity contribution >= 4 is 12.5 Å². The molecule has 0 aromatic heterocycles. The standard InChI is InChI=1S/C15H30N2.CH2O3/c1-2-3-4-5-6-7-8-9-10-11-13-17-14-12-16-15-17;2-1(3)4/h15H,2-14H2,1H3;(H2,2,3,4). The molecule has 0 fully saturated rings. The van der Waals surface area contributed by atoms with Crippen LogP contribution >= 0.6 is 0 Å². The predicted octanol–water partition coefficient (Wildman–Crippen LogP) is 1.72. The molecule has 5 heteroatoms. The molecule has 0 aromatic carbocycles. The van der Waals surface area contributed by atoms with E-state index in [4.69, 9.17) is 15.0 Å². The fourth-order valence-electron chi connectivity index (χ4n) is 2.50. The van der Waals surface area contributed by atoms with Crippen molar-refractivity contribution in [1.29, 1.82) is 0 Å². The second-order valence-corrected chi connectivity index (χ2v) is 5.64. The van der Waals surface area contributed by atoms with Crippen LogP contribution in [0.1, 0.15) is 71.1 Å². The summed E-state index contributed by atoms with van der Waals surface area (Å²) >= 11 is 0. The minimum atomic E-state index is -2.08.